The van der Waals surface area contributed by atoms with E-state index in [1.165, 1.54) is 9.36 Å². The first kappa shape index (κ1) is 32.5. The summed E-state index contributed by atoms with van der Waals surface area (Å²) in [5.74, 6) is 0.591. The van der Waals surface area contributed by atoms with Crippen LogP contribution in [0.25, 0.3) is 11.4 Å². The maximum absolute atomic E-state index is 11.8. The van der Waals surface area contributed by atoms with E-state index in [1.807, 2.05) is 13.8 Å². The van der Waals surface area contributed by atoms with Gasteiger partial charge in [-0.25, -0.2) is 19.0 Å². The molecule has 12 heteroatoms. The van der Waals surface area contributed by atoms with Gasteiger partial charge in [0.1, 0.15) is 11.2 Å². The number of hydrogen-bond donors (Lipinski definition) is 0. The summed E-state index contributed by atoms with van der Waals surface area (Å²) in [4.78, 5) is 23.5. The van der Waals surface area contributed by atoms with Gasteiger partial charge in [0.25, 0.3) is 0 Å². The Labute approximate surface area is 255 Å². The first-order chi connectivity index (χ1) is 19.5. The quantitative estimate of drug-likeness (QED) is 0.211. The van der Waals surface area contributed by atoms with Gasteiger partial charge in [-0.2, -0.15) is 10.2 Å². The molecular formula is C30H34Cl2N4O6. The van der Waals surface area contributed by atoms with Crippen molar-refractivity contribution in [3.05, 3.63) is 82.1 Å². The lowest BCUT2D eigenvalue weighted by Crippen LogP contribution is -2.26. The monoisotopic (exact) mass is 616 g/mol. The van der Waals surface area contributed by atoms with Crippen molar-refractivity contribution >= 4 is 35.5 Å². The van der Waals surface area contributed by atoms with E-state index in [0.29, 0.717) is 21.8 Å². The van der Waals surface area contributed by atoms with Crippen molar-refractivity contribution in [1.29, 1.82) is 0 Å². The van der Waals surface area contributed by atoms with Crippen LogP contribution in [0.5, 0.6) is 11.8 Å². The number of rotatable bonds is 4. The molecule has 224 valence electrons. The number of nitrogens with zero attached hydrogens (tertiary/aromatic N) is 4. The molecule has 4 aromatic rings. The standard InChI is InChI=1S/2C15H17ClN2O3/c2*1-10-9-13(20-14(19)21-15(2,3)4)18(17-10)12-7-5-11(16)6-8-12/h2*5-9H,1-4H3. The molecule has 10 nitrogen and oxygen atoms in total. The van der Waals surface area contributed by atoms with E-state index in [2.05, 4.69) is 10.2 Å². The van der Waals surface area contributed by atoms with Crippen LogP contribution in [-0.2, 0) is 9.47 Å². The largest absolute Gasteiger partial charge is 0.515 e. The van der Waals surface area contributed by atoms with Crippen LogP contribution in [0, 0.1) is 13.8 Å². The lowest BCUT2D eigenvalue weighted by atomic mass is 10.2. The Bertz CT molecular complexity index is 1400. The molecule has 2 aromatic carbocycles. The summed E-state index contributed by atoms with van der Waals surface area (Å²) < 4.78 is 23.8. The molecule has 4 rings (SSSR count). The molecule has 0 amide bonds. The molecule has 0 N–H and O–H groups in total. The number of aryl methyl sites for hydroxylation is 2. The van der Waals surface area contributed by atoms with Crippen LogP contribution in [0.2, 0.25) is 10.0 Å². The van der Waals surface area contributed by atoms with Gasteiger partial charge in [-0.3, -0.25) is 0 Å². The molecule has 0 aliphatic heterocycles. The van der Waals surface area contributed by atoms with E-state index in [-0.39, 0.29) is 0 Å². The zero-order valence-corrected chi connectivity index (χ0v) is 26.3. The molecule has 2 heterocycles. The van der Waals surface area contributed by atoms with E-state index < -0.39 is 23.5 Å². The van der Waals surface area contributed by atoms with Crippen molar-refractivity contribution in [3.63, 3.8) is 0 Å². The first-order valence-corrected chi connectivity index (χ1v) is 13.7. The third kappa shape index (κ3) is 10.1. The number of carbonyl (C=O) groups excluding carboxylic acids is 2. The molecular weight excluding hydrogens is 583 g/mol. The van der Waals surface area contributed by atoms with Crippen LogP contribution in [0.3, 0.4) is 0 Å². The molecule has 0 atom stereocenters. The molecule has 0 fully saturated rings. The Kier molecular flexibility index (Phi) is 10.3. The fourth-order valence-corrected chi connectivity index (χ4v) is 3.60. The smallest absolute Gasteiger partial charge is 0.428 e. The van der Waals surface area contributed by atoms with Crippen LogP contribution in [0.1, 0.15) is 52.9 Å². The van der Waals surface area contributed by atoms with Crippen molar-refractivity contribution in [2.45, 2.75) is 66.6 Å². The highest BCUT2D eigenvalue weighted by atomic mass is 35.5. The van der Waals surface area contributed by atoms with E-state index in [9.17, 15) is 9.59 Å². The Morgan fingerprint density at radius 1 is 0.619 bits per heavy atom. The number of carbonyl (C=O) groups is 2. The topological polar surface area (TPSA) is 107 Å². The second-order valence-corrected chi connectivity index (χ2v) is 12.0. The van der Waals surface area contributed by atoms with Crippen molar-refractivity contribution in [2.24, 2.45) is 0 Å². The zero-order chi connectivity index (χ0) is 31.2. The molecule has 0 unspecified atom stereocenters. The van der Waals surface area contributed by atoms with Crippen molar-refractivity contribution in [2.75, 3.05) is 0 Å². The third-order valence-electron chi connectivity index (χ3n) is 4.89. The van der Waals surface area contributed by atoms with Gasteiger partial charge < -0.3 is 18.9 Å². The Hall–Kier alpha value is -4.02. The number of benzene rings is 2. The van der Waals surface area contributed by atoms with E-state index in [1.54, 1.807) is 102 Å². The van der Waals surface area contributed by atoms with Crippen molar-refractivity contribution in [3.8, 4) is 23.1 Å². The fraction of sp³-hybridized carbons (Fsp3) is 0.333. The maximum atomic E-state index is 11.8. The van der Waals surface area contributed by atoms with E-state index in [4.69, 9.17) is 42.1 Å². The van der Waals surface area contributed by atoms with E-state index in [0.717, 1.165) is 22.8 Å². The minimum atomic E-state index is -0.766. The predicted octanol–water partition coefficient (Wildman–Crippen LogP) is 8.30. The van der Waals surface area contributed by atoms with Gasteiger partial charge >= 0.3 is 12.3 Å². The SMILES string of the molecule is Cc1cc(OC(=O)OC(C)(C)C)n(-c2ccc(Cl)cc2)n1.Cc1cc(OC(=O)OC(C)(C)C)n(-c2ccc(Cl)cc2)n1. The van der Waals surface area contributed by atoms with Gasteiger partial charge in [-0.1, -0.05) is 23.2 Å². The molecule has 2 aromatic heterocycles. The number of halogens is 2. The van der Waals surface area contributed by atoms with Gasteiger partial charge in [-0.05, 0) is 104 Å². The fourth-order valence-electron chi connectivity index (χ4n) is 3.34. The normalized spacial score (nSPS) is 11.3. The van der Waals surface area contributed by atoms with Crippen LogP contribution in [-0.4, -0.2) is 43.1 Å². The highest BCUT2D eigenvalue weighted by molar-refractivity contribution is 6.30. The highest BCUT2D eigenvalue weighted by Gasteiger charge is 2.22. The highest BCUT2D eigenvalue weighted by Crippen LogP contribution is 2.23. The Morgan fingerprint density at radius 2 is 0.929 bits per heavy atom. The molecule has 0 aliphatic rings. The first-order valence-electron chi connectivity index (χ1n) is 13.0. The Balaban J connectivity index is 0.000000230. The zero-order valence-electron chi connectivity index (χ0n) is 24.8. The van der Waals surface area contributed by atoms with Gasteiger partial charge in [0, 0.05) is 22.2 Å². The average Bonchev–Trinajstić information content (AvgIpc) is 3.39. The molecule has 0 radical (unpaired) electrons. The van der Waals surface area contributed by atoms with Gasteiger partial charge in [0.05, 0.1) is 22.8 Å². The third-order valence-corrected chi connectivity index (χ3v) is 5.40. The molecule has 0 saturated heterocycles. The summed E-state index contributed by atoms with van der Waals surface area (Å²) in [6.07, 6.45) is -1.53. The van der Waals surface area contributed by atoms with Crippen LogP contribution < -0.4 is 9.47 Å². The minimum Gasteiger partial charge on any atom is -0.428 e. The number of hydrogen-bond acceptors (Lipinski definition) is 8. The molecule has 0 bridgehead atoms. The van der Waals surface area contributed by atoms with Gasteiger partial charge in [0.2, 0.25) is 11.8 Å². The summed E-state index contributed by atoms with van der Waals surface area (Å²) in [5.41, 5.74) is 1.71. The average molecular weight is 618 g/mol. The van der Waals surface area contributed by atoms with Gasteiger partial charge in [-0.15, -0.1) is 0 Å². The van der Waals surface area contributed by atoms with E-state index >= 15 is 0 Å². The summed E-state index contributed by atoms with van der Waals surface area (Å²) in [6.45, 7) is 14.3. The molecule has 0 saturated carbocycles. The summed E-state index contributed by atoms with van der Waals surface area (Å²) >= 11 is 11.7. The second kappa shape index (κ2) is 13.3. The predicted molar refractivity (Wildman–Crippen MR) is 160 cm³/mol. The molecule has 0 aliphatic carbocycles. The molecule has 0 spiro atoms. The van der Waals surface area contributed by atoms with Crippen LogP contribution >= 0.6 is 23.2 Å². The van der Waals surface area contributed by atoms with Crippen molar-refractivity contribution < 1.29 is 28.5 Å². The second-order valence-electron chi connectivity index (χ2n) is 11.2. The van der Waals surface area contributed by atoms with Crippen LogP contribution in [0.4, 0.5) is 9.59 Å². The Morgan fingerprint density at radius 3 is 1.21 bits per heavy atom. The lowest BCUT2D eigenvalue weighted by molar-refractivity contribution is 0.0178. The molecule has 42 heavy (non-hydrogen) atoms. The number of ether oxygens (including phenoxy) is 4. The summed E-state index contributed by atoms with van der Waals surface area (Å²) in [5, 5.41) is 9.85. The maximum Gasteiger partial charge on any atom is 0.515 e. The summed E-state index contributed by atoms with van der Waals surface area (Å²) in [7, 11) is 0. The number of aromatic nitrogens is 4. The van der Waals surface area contributed by atoms with Crippen LogP contribution in [0.15, 0.2) is 60.7 Å². The van der Waals surface area contributed by atoms with Crippen molar-refractivity contribution in [1.82, 2.24) is 19.6 Å². The minimum absolute atomic E-state index is 0.295. The summed E-state index contributed by atoms with van der Waals surface area (Å²) in [6, 6.07) is 17.4. The van der Waals surface area contributed by atoms with Gasteiger partial charge in [0.15, 0.2) is 0 Å². The lowest BCUT2D eigenvalue weighted by Gasteiger charge is -2.18.